The second-order valence-corrected chi connectivity index (χ2v) is 12.1. The number of rotatable bonds is 6. The van der Waals surface area contributed by atoms with Gasteiger partial charge in [0.05, 0.1) is 11.6 Å². The second kappa shape index (κ2) is 10.7. The van der Waals surface area contributed by atoms with E-state index in [9.17, 15) is 19.1 Å². The van der Waals surface area contributed by atoms with Crippen LogP contribution in [0, 0.1) is 5.82 Å². The van der Waals surface area contributed by atoms with E-state index in [0.29, 0.717) is 32.7 Å². The molecular weight excluding hydrogens is 573 g/mol. The number of halogens is 2. The van der Waals surface area contributed by atoms with Crippen LogP contribution >= 0.6 is 34.7 Å². The van der Waals surface area contributed by atoms with Crippen molar-refractivity contribution in [3.8, 4) is 5.75 Å². The van der Waals surface area contributed by atoms with Gasteiger partial charge in [-0.2, -0.15) is 0 Å². The Kier molecular flexibility index (Phi) is 7.07. The molecule has 3 aromatic carbocycles. The van der Waals surface area contributed by atoms with E-state index in [0.717, 1.165) is 28.2 Å². The summed E-state index contributed by atoms with van der Waals surface area (Å²) >= 11 is 8.83. The molecular formula is C29H21ClFN3O4S2. The minimum absolute atomic E-state index is 0.0111. The summed E-state index contributed by atoms with van der Waals surface area (Å²) in [7, 11) is 0. The average molecular weight is 594 g/mol. The van der Waals surface area contributed by atoms with Gasteiger partial charge in [0.25, 0.3) is 5.78 Å². The number of amides is 1. The Hall–Kier alpha value is -3.73. The molecule has 202 valence electrons. The van der Waals surface area contributed by atoms with E-state index < -0.39 is 17.7 Å². The van der Waals surface area contributed by atoms with Crippen LogP contribution < -0.4 is 9.64 Å². The first-order chi connectivity index (χ1) is 19.3. The summed E-state index contributed by atoms with van der Waals surface area (Å²) in [4.78, 5) is 28.2. The van der Waals surface area contributed by atoms with Crippen molar-refractivity contribution < 1.29 is 23.8 Å². The molecule has 2 aliphatic heterocycles. The number of aromatic nitrogens is 2. The third kappa shape index (κ3) is 4.98. The van der Waals surface area contributed by atoms with Crippen molar-refractivity contribution in [3.63, 3.8) is 0 Å². The fourth-order valence-corrected chi connectivity index (χ4v) is 6.85. The molecule has 6 rings (SSSR count). The first kappa shape index (κ1) is 26.5. The summed E-state index contributed by atoms with van der Waals surface area (Å²) < 4.78 is 19.6. The van der Waals surface area contributed by atoms with Gasteiger partial charge < -0.3 is 9.84 Å². The Morgan fingerprint density at radius 1 is 1.15 bits per heavy atom. The number of carbonyl (C=O) groups excluding carboxylic acids is 2. The number of hydrogen-bond acceptors (Lipinski definition) is 8. The van der Waals surface area contributed by atoms with E-state index >= 15 is 0 Å². The van der Waals surface area contributed by atoms with Crippen LogP contribution in [0.25, 0.3) is 5.76 Å². The lowest BCUT2D eigenvalue weighted by atomic mass is 9.94. The topological polar surface area (TPSA) is 92.6 Å². The lowest BCUT2D eigenvalue weighted by Gasteiger charge is -2.22. The molecule has 1 aromatic heterocycles. The van der Waals surface area contributed by atoms with Gasteiger partial charge in [0.2, 0.25) is 5.13 Å². The van der Waals surface area contributed by atoms with E-state index in [-0.39, 0.29) is 28.4 Å². The van der Waals surface area contributed by atoms with Crippen LogP contribution in [0.2, 0.25) is 5.02 Å². The molecule has 4 aromatic rings. The van der Waals surface area contributed by atoms with Crippen LogP contribution in [0.5, 0.6) is 5.75 Å². The SMILES string of the molecule is C[C@H]1Cc2cc(/C(O)=C3\C(=O)C(=O)N(c4nnc(SCc5ccc(F)cc5)s4)[C@H]3c3cccc(Cl)c3)ccc2O1. The first-order valence-corrected chi connectivity index (χ1v) is 14.5. The van der Waals surface area contributed by atoms with E-state index in [1.54, 1.807) is 54.6 Å². The number of thioether (sulfide) groups is 1. The van der Waals surface area contributed by atoms with Gasteiger partial charge in [-0.05, 0) is 66.1 Å². The van der Waals surface area contributed by atoms with Crippen LogP contribution in [0.4, 0.5) is 9.52 Å². The average Bonchev–Trinajstić information content (AvgIpc) is 3.63. The fraction of sp³-hybridized carbons (Fsp3) is 0.172. The maximum Gasteiger partial charge on any atom is 0.301 e. The van der Waals surface area contributed by atoms with Crippen LogP contribution in [-0.2, 0) is 21.8 Å². The Morgan fingerprint density at radius 3 is 2.73 bits per heavy atom. The molecule has 1 N–H and O–H groups in total. The highest BCUT2D eigenvalue weighted by Gasteiger charge is 2.48. The molecule has 0 unspecified atom stereocenters. The van der Waals surface area contributed by atoms with Gasteiger partial charge in [0.1, 0.15) is 23.4 Å². The van der Waals surface area contributed by atoms with E-state index in [2.05, 4.69) is 10.2 Å². The third-order valence-corrected chi connectivity index (χ3v) is 9.02. The van der Waals surface area contributed by atoms with Crippen LogP contribution in [0.1, 0.15) is 35.2 Å². The van der Waals surface area contributed by atoms with Gasteiger partial charge in [0, 0.05) is 22.8 Å². The number of fused-ring (bicyclic) bond motifs is 1. The highest BCUT2D eigenvalue weighted by molar-refractivity contribution is 8.00. The molecule has 0 aliphatic carbocycles. The van der Waals surface area contributed by atoms with Gasteiger partial charge in [0.15, 0.2) is 4.34 Å². The molecule has 0 saturated carbocycles. The smallest absolute Gasteiger partial charge is 0.301 e. The van der Waals surface area contributed by atoms with Gasteiger partial charge >= 0.3 is 5.91 Å². The summed E-state index contributed by atoms with van der Waals surface area (Å²) in [6.45, 7) is 1.96. The molecule has 2 atom stereocenters. The van der Waals surface area contributed by atoms with Crippen LogP contribution in [0.15, 0.2) is 76.6 Å². The van der Waals surface area contributed by atoms with E-state index in [1.807, 2.05) is 6.92 Å². The van der Waals surface area contributed by atoms with Crippen molar-refractivity contribution in [2.45, 2.75) is 35.6 Å². The molecule has 0 bridgehead atoms. The molecule has 1 amide bonds. The van der Waals surface area contributed by atoms with Crippen LogP contribution in [-0.4, -0.2) is 33.1 Å². The summed E-state index contributed by atoms with van der Waals surface area (Å²) in [6.07, 6.45) is 0.683. The number of ether oxygens (including phenoxy) is 1. The molecule has 2 aliphatic rings. The summed E-state index contributed by atoms with van der Waals surface area (Å²) in [5.74, 6) is -1.00. The highest BCUT2D eigenvalue weighted by Crippen LogP contribution is 2.45. The van der Waals surface area contributed by atoms with Crippen molar-refractivity contribution in [3.05, 3.63) is 105 Å². The molecule has 40 heavy (non-hydrogen) atoms. The highest BCUT2D eigenvalue weighted by atomic mass is 35.5. The zero-order chi connectivity index (χ0) is 28.0. The summed E-state index contributed by atoms with van der Waals surface area (Å²) in [5.41, 5.74) is 2.71. The van der Waals surface area contributed by atoms with Crippen molar-refractivity contribution in [1.82, 2.24) is 10.2 Å². The van der Waals surface area contributed by atoms with Crippen molar-refractivity contribution in [1.29, 1.82) is 0 Å². The number of nitrogens with zero attached hydrogens (tertiary/aromatic N) is 3. The first-order valence-electron chi connectivity index (χ1n) is 12.4. The van der Waals surface area contributed by atoms with Crippen LogP contribution in [0.3, 0.4) is 0 Å². The fourth-order valence-electron chi connectivity index (χ4n) is 4.83. The molecule has 3 heterocycles. The van der Waals surface area contributed by atoms with Gasteiger partial charge in [-0.15, -0.1) is 10.2 Å². The van der Waals surface area contributed by atoms with E-state index in [4.69, 9.17) is 16.3 Å². The number of Topliss-reactive ketones (excluding diaryl/α,β-unsaturated/α-hetero) is 1. The number of carbonyl (C=O) groups is 2. The lowest BCUT2D eigenvalue weighted by Crippen LogP contribution is -2.29. The third-order valence-electron chi connectivity index (χ3n) is 6.66. The number of aliphatic hydroxyl groups excluding tert-OH is 1. The Balaban J connectivity index is 1.38. The van der Waals surface area contributed by atoms with Gasteiger partial charge in [-0.25, -0.2) is 4.39 Å². The Morgan fingerprint density at radius 2 is 1.95 bits per heavy atom. The number of anilines is 1. The second-order valence-electron chi connectivity index (χ2n) is 9.44. The quantitative estimate of drug-likeness (QED) is 0.0888. The number of hydrogen-bond donors (Lipinski definition) is 1. The molecule has 7 nitrogen and oxygen atoms in total. The summed E-state index contributed by atoms with van der Waals surface area (Å²) in [5, 5.41) is 20.5. The predicted molar refractivity (Wildman–Crippen MR) is 152 cm³/mol. The molecule has 1 fully saturated rings. The number of ketones is 1. The monoisotopic (exact) mass is 593 g/mol. The van der Waals surface area contributed by atoms with Crippen molar-refractivity contribution >= 4 is 57.3 Å². The normalized spacial score (nSPS) is 19.6. The Labute approximate surface area is 242 Å². The molecule has 11 heteroatoms. The Bertz CT molecular complexity index is 1670. The minimum Gasteiger partial charge on any atom is -0.507 e. The van der Waals surface area contributed by atoms with Crippen molar-refractivity contribution in [2.75, 3.05) is 4.90 Å². The zero-order valence-electron chi connectivity index (χ0n) is 21.0. The predicted octanol–water partition coefficient (Wildman–Crippen LogP) is 6.57. The van der Waals surface area contributed by atoms with Gasteiger partial charge in [-0.3, -0.25) is 14.5 Å². The zero-order valence-corrected chi connectivity index (χ0v) is 23.4. The largest absolute Gasteiger partial charge is 0.507 e. The minimum atomic E-state index is -0.968. The van der Waals surface area contributed by atoms with Crippen molar-refractivity contribution in [2.24, 2.45) is 0 Å². The van der Waals surface area contributed by atoms with Gasteiger partial charge in [-0.1, -0.05) is 59.0 Å². The molecule has 1 saturated heterocycles. The number of aliphatic hydroxyl groups is 1. The maximum absolute atomic E-state index is 13.5. The summed E-state index contributed by atoms with van der Waals surface area (Å²) in [6, 6.07) is 17.2. The molecule has 0 spiro atoms. The number of benzene rings is 3. The standard InChI is InChI=1S/C29H21ClFN3O4S2/c1-15-11-19-12-18(7-10-22(19)38-15)25(35)23-24(17-3-2-4-20(30)13-17)34(27(37)26(23)36)28-32-33-29(40-28)39-14-16-5-8-21(31)9-6-16/h2-10,12-13,15,24,35H,11,14H2,1H3/b25-23+/t15-,24-/m0/s1. The molecule has 0 radical (unpaired) electrons. The maximum atomic E-state index is 13.5. The lowest BCUT2D eigenvalue weighted by molar-refractivity contribution is -0.132. The van der Waals surface area contributed by atoms with E-state index in [1.165, 1.54) is 28.8 Å².